The fourth-order valence-corrected chi connectivity index (χ4v) is 9.76. The van der Waals surface area contributed by atoms with Gasteiger partial charge in [0.25, 0.3) is 0 Å². The zero-order valence-corrected chi connectivity index (χ0v) is 27.7. The van der Waals surface area contributed by atoms with Crippen LogP contribution in [0.25, 0.3) is 0 Å². The fourth-order valence-electron chi connectivity index (χ4n) is 9.76. The summed E-state index contributed by atoms with van der Waals surface area (Å²) in [5.74, 6) is -3.74. The normalized spacial score (nSPS) is 42.5. The molecule has 5 aliphatic rings. The molecule has 2 aliphatic heterocycles. The van der Waals surface area contributed by atoms with E-state index in [2.05, 4.69) is 6.92 Å². The van der Waals surface area contributed by atoms with Crippen molar-refractivity contribution in [1.82, 2.24) is 0 Å². The molecule has 1 aromatic rings. The molecule has 2 saturated carbocycles. The zero-order chi connectivity index (χ0) is 32.9. The maximum absolute atomic E-state index is 14.0. The Morgan fingerprint density at radius 2 is 1.60 bits per heavy atom. The molecule has 0 spiro atoms. The number of carbonyl (C=O) groups excluding carboxylic acids is 3. The standard InChI is InChI=1S/C35H46O10/c1-18-23(41-20(3)36)16-35(39)29(42-30(38)22-13-11-10-12-14-22)27-33(9)24(15-25-34(27,17-40-25)43-21(4)37)44-32(7,8)45-28(33)19(2)26(18)31(35,5)6/h10-14,19,23-25,27-29,39H,15-17H2,1-9H3/t19-,23?,24+,25-,27+,28+,29+,33-,34+,35-/m1/s1. The molecule has 2 bridgehead atoms. The van der Waals surface area contributed by atoms with Gasteiger partial charge in [0.2, 0.25) is 0 Å². The van der Waals surface area contributed by atoms with Gasteiger partial charge >= 0.3 is 17.9 Å². The Morgan fingerprint density at radius 1 is 0.933 bits per heavy atom. The molecule has 2 saturated heterocycles. The molecule has 1 aromatic carbocycles. The van der Waals surface area contributed by atoms with Crippen LogP contribution in [0.4, 0.5) is 0 Å². The van der Waals surface area contributed by atoms with Crippen LogP contribution in [0.2, 0.25) is 0 Å². The van der Waals surface area contributed by atoms with Gasteiger partial charge in [-0.2, -0.15) is 0 Å². The smallest absolute Gasteiger partial charge is 0.338 e. The Balaban J connectivity index is 1.66. The van der Waals surface area contributed by atoms with Crippen molar-refractivity contribution in [3.63, 3.8) is 0 Å². The lowest BCUT2D eigenvalue weighted by molar-refractivity contribution is -0.427. The number of hydrogen-bond acceptors (Lipinski definition) is 10. The van der Waals surface area contributed by atoms with Gasteiger partial charge in [-0.3, -0.25) is 9.59 Å². The second kappa shape index (κ2) is 10.4. The molecule has 10 atom stereocenters. The van der Waals surface area contributed by atoms with Gasteiger partial charge in [0, 0.05) is 43.4 Å². The second-order valence-corrected chi connectivity index (χ2v) is 14.9. The predicted octanol–water partition coefficient (Wildman–Crippen LogP) is 4.52. The quantitative estimate of drug-likeness (QED) is 0.290. The highest BCUT2D eigenvalue weighted by Crippen LogP contribution is 2.68. The molecule has 3 aliphatic carbocycles. The minimum absolute atomic E-state index is 0.0365. The summed E-state index contributed by atoms with van der Waals surface area (Å²) in [6, 6.07) is 8.59. The van der Waals surface area contributed by atoms with Gasteiger partial charge in [0.15, 0.2) is 11.4 Å². The number of hydrogen-bond donors (Lipinski definition) is 1. The molecule has 4 fully saturated rings. The van der Waals surface area contributed by atoms with E-state index >= 15 is 0 Å². The number of ether oxygens (including phenoxy) is 6. The van der Waals surface area contributed by atoms with Gasteiger partial charge in [-0.15, -0.1) is 0 Å². The molecule has 1 N–H and O–H groups in total. The van der Waals surface area contributed by atoms with E-state index in [0.29, 0.717) is 12.0 Å². The van der Waals surface area contributed by atoms with Crippen LogP contribution < -0.4 is 0 Å². The third-order valence-electron chi connectivity index (χ3n) is 11.6. The van der Waals surface area contributed by atoms with Gasteiger partial charge in [-0.25, -0.2) is 4.79 Å². The van der Waals surface area contributed by atoms with Crippen LogP contribution >= 0.6 is 0 Å². The Kier molecular flexibility index (Phi) is 7.40. The van der Waals surface area contributed by atoms with E-state index in [1.807, 2.05) is 41.5 Å². The SMILES string of the molecule is CC(=O)OC1C[C@@]2(O)[C@@H](OC(=O)c3ccccc3)[C@@H]3[C@]4(OC(C)=O)CO[C@@H]4C[C@@H]4OC(C)(C)O[C@@H]([C@H](C)C(=C1C)C2(C)C)[C@]43C. The van der Waals surface area contributed by atoms with Gasteiger partial charge in [-0.1, -0.05) is 51.5 Å². The Morgan fingerprint density at radius 3 is 2.18 bits per heavy atom. The lowest BCUT2D eigenvalue weighted by Gasteiger charge is -2.72. The van der Waals surface area contributed by atoms with Crippen molar-refractivity contribution in [2.24, 2.45) is 22.7 Å². The first-order valence-corrected chi connectivity index (χ1v) is 15.9. The van der Waals surface area contributed by atoms with Crippen molar-refractivity contribution in [2.45, 2.75) is 123 Å². The topological polar surface area (TPSA) is 127 Å². The second-order valence-electron chi connectivity index (χ2n) is 14.9. The summed E-state index contributed by atoms with van der Waals surface area (Å²) in [5, 5.41) is 13.3. The molecule has 10 nitrogen and oxygen atoms in total. The van der Waals surface area contributed by atoms with Crippen LogP contribution in [-0.2, 0) is 38.0 Å². The highest BCUT2D eigenvalue weighted by atomic mass is 16.7. The third kappa shape index (κ3) is 4.53. The van der Waals surface area contributed by atoms with E-state index in [0.717, 1.165) is 11.1 Å². The lowest BCUT2D eigenvalue weighted by atomic mass is 9.43. The third-order valence-corrected chi connectivity index (χ3v) is 11.6. The first-order chi connectivity index (χ1) is 20.9. The fraction of sp³-hybridized carbons (Fsp3) is 0.686. The van der Waals surface area contributed by atoms with Crippen molar-refractivity contribution in [3.05, 3.63) is 47.0 Å². The van der Waals surface area contributed by atoms with Crippen molar-refractivity contribution in [2.75, 3.05) is 6.61 Å². The molecule has 10 heteroatoms. The van der Waals surface area contributed by atoms with Crippen LogP contribution in [0, 0.1) is 22.7 Å². The maximum Gasteiger partial charge on any atom is 0.338 e. The molecule has 0 radical (unpaired) electrons. The summed E-state index contributed by atoms with van der Waals surface area (Å²) in [7, 11) is 0. The number of aliphatic hydroxyl groups is 1. The Bertz CT molecular complexity index is 1430. The van der Waals surface area contributed by atoms with Crippen molar-refractivity contribution in [1.29, 1.82) is 0 Å². The molecule has 0 aromatic heterocycles. The molecule has 2 heterocycles. The van der Waals surface area contributed by atoms with Crippen molar-refractivity contribution in [3.8, 4) is 0 Å². The number of benzene rings is 1. The van der Waals surface area contributed by atoms with Crippen LogP contribution in [0.5, 0.6) is 0 Å². The van der Waals surface area contributed by atoms with Gasteiger partial charge in [0.05, 0.1) is 30.3 Å². The average Bonchev–Trinajstić information content (AvgIpc) is 2.93. The molecule has 45 heavy (non-hydrogen) atoms. The largest absolute Gasteiger partial charge is 0.458 e. The highest BCUT2D eigenvalue weighted by Gasteiger charge is 2.79. The molecule has 6 rings (SSSR count). The lowest BCUT2D eigenvalue weighted by Crippen LogP contribution is -2.83. The molecular weight excluding hydrogens is 580 g/mol. The number of rotatable bonds is 4. The summed E-state index contributed by atoms with van der Waals surface area (Å²) in [6.07, 6.45) is -3.22. The minimum Gasteiger partial charge on any atom is -0.458 e. The van der Waals surface area contributed by atoms with E-state index in [9.17, 15) is 19.5 Å². The predicted molar refractivity (Wildman–Crippen MR) is 161 cm³/mol. The van der Waals surface area contributed by atoms with E-state index in [1.165, 1.54) is 13.8 Å². The summed E-state index contributed by atoms with van der Waals surface area (Å²) in [5.41, 5.74) is -2.96. The summed E-state index contributed by atoms with van der Waals surface area (Å²) in [6.45, 7) is 16.4. The summed E-state index contributed by atoms with van der Waals surface area (Å²) >= 11 is 0. The van der Waals surface area contributed by atoms with E-state index in [-0.39, 0.29) is 18.9 Å². The Hall–Kier alpha value is -2.79. The monoisotopic (exact) mass is 626 g/mol. The van der Waals surface area contributed by atoms with E-state index in [4.69, 9.17) is 28.4 Å². The van der Waals surface area contributed by atoms with Crippen molar-refractivity contribution < 1.29 is 47.9 Å². The maximum atomic E-state index is 14.0. The van der Waals surface area contributed by atoms with Gasteiger partial charge in [0.1, 0.15) is 23.9 Å². The molecule has 246 valence electrons. The van der Waals surface area contributed by atoms with Crippen LogP contribution in [0.3, 0.4) is 0 Å². The highest BCUT2D eigenvalue weighted by molar-refractivity contribution is 5.89. The van der Waals surface area contributed by atoms with Crippen molar-refractivity contribution >= 4 is 17.9 Å². The van der Waals surface area contributed by atoms with Crippen LogP contribution in [0.15, 0.2) is 41.5 Å². The summed E-state index contributed by atoms with van der Waals surface area (Å²) in [4.78, 5) is 39.3. The first kappa shape index (κ1) is 32.2. The van der Waals surface area contributed by atoms with Gasteiger partial charge in [-0.05, 0) is 38.5 Å². The zero-order valence-electron chi connectivity index (χ0n) is 27.7. The molecule has 0 amide bonds. The number of fused-ring (bicyclic) bond motifs is 4. The first-order valence-electron chi connectivity index (χ1n) is 15.9. The Labute approximate surface area is 264 Å². The molecule has 1 unspecified atom stereocenters. The van der Waals surface area contributed by atoms with Crippen LogP contribution in [-0.4, -0.2) is 77.1 Å². The number of carbonyl (C=O) groups is 3. The van der Waals surface area contributed by atoms with E-state index in [1.54, 1.807) is 30.3 Å². The van der Waals surface area contributed by atoms with E-state index < -0.39 is 82.2 Å². The van der Waals surface area contributed by atoms with Crippen LogP contribution in [0.1, 0.15) is 85.5 Å². The number of esters is 3. The molecular formula is C35H46O10. The van der Waals surface area contributed by atoms with Gasteiger partial charge < -0.3 is 33.5 Å². The summed E-state index contributed by atoms with van der Waals surface area (Å²) < 4.78 is 38.3. The average molecular weight is 627 g/mol. The minimum atomic E-state index is -1.79.